The second-order valence-corrected chi connectivity index (χ2v) is 7.72. The normalized spacial score (nSPS) is 19.7. The highest BCUT2D eigenvalue weighted by atomic mass is 16.6. The number of aromatic amines is 1. The fourth-order valence-corrected chi connectivity index (χ4v) is 3.84. The summed E-state index contributed by atoms with van der Waals surface area (Å²) < 4.78 is 16.8. The van der Waals surface area contributed by atoms with Crippen molar-refractivity contribution in [3.63, 3.8) is 0 Å². The van der Waals surface area contributed by atoms with Gasteiger partial charge in [-0.1, -0.05) is 6.42 Å². The Kier molecular flexibility index (Phi) is 6.16. The number of pyridine rings is 1. The molecule has 1 atom stereocenters. The number of fused-ring (bicyclic) bond motifs is 1. The van der Waals surface area contributed by atoms with Crippen LogP contribution in [0.3, 0.4) is 0 Å². The van der Waals surface area contributed by atoms with Crippen molar-refractivity contribution in [1.29, 1.82) is 0 Å². The van der Waals surface area contributed by atoms with Crippen LogP contribution in [0.5, 0.6) is 5.75 Å². The summed E-state index contributed by atoms with van der Waals surface area (Å²) >= 11 is 0. The number of rotatable bonds is 7. The minimum atomic E-state index is -0.172. The number of benzene rings is 1. The number of ether oxygens (including phenoxy) is 3. The van der Waals surface area contributed by atoms with Crippen molar-refractivity contribution in [2.45, 2.75) is 38.8 Å². The number of H-pyrrole nitrogens is 1. The monoisotopic (exact) mass is 400 g/mol. The lowest BCUT2D eigenvalue weighted by molar-refractivity contribution is -0.145. The number of aromatic nitrogens is 1. The summed E-state index contributed by atoms with van der Waals surface area (Å²) in [6.45, 7) is 4.80. The molecule has 0 radical (unpaired) electrons. The van der Waals surface area contributed by atoms with Gasteiger partial charge in [-0.25, -0.2) is 0 Å². The Morgan fingerprint density at radius 1 is 1.28 bits per heavy atom. The minimum Gasteiger partial charge on any atom is -0.494 e. The lowest BCUT2D eigenvalue weighted by Crippen LogP contribution is -2.46. The summed E-state index contributed by atoms with van der Waals surface area (Å²) in [6, 6.07) is 7.45. The fourth-order valence-electron chi connectivity index (χ4n) is 3.84. The van der Waals surface area contributed by atoms with E-state index in [-0.39, 0.29) is 30.0 Å². The second-order valence-electron chi connectivity index (χ2n) is 7.72. The van der Waals surface area contributed by atoms with Crippen molar-refractivity contribution in [2.24, 2.45) is 5.92 Å². The lowest BCUT2D eigenvalue weighted by atomic mass is 9.84. The zero-order valence-electron chi connectivity index (χ0n) is 16.8. The third-order valence-electron chi connectivity index (χ3n) is 5.64. The standard InChI is InChI=1S/C22H28N2O5/c1-2-28-18-6-7-20-16(11-18)10-17(21(25)23-20)12-24(22(26)15-4-3-5-15)13-19-14-27-8-9-29-19/h6-7,10-11,15,19H,2-5,8-9,12-14H2,1H3,(H,23,25)/t19-/m1/s1. The summed E-state index contributed by atoms with van der Waals surface area (Å²) in [7, 11) is 0. The van der Waals surface area contributed by atoms with Crippen molar-refractivity contribution in [1.82, 2.24) is 9.88 Å². The zero-order valence-corrected chi connectivity index (χ0v) is 16.8. The molecular weight excluding hydrogens is 372 g/mol. The van der Waals surface area contributed by atoms with Gasteiger partial charge in [-0.15, -0.1) is 0 Å². The maximum absolute atomic E-state index is 13.0. The highest BCUT2D eigenvalue weighted by molar-refractivity contribution is 5.81. The molecular formula is C22H28N2O5. The van der Waals surface area contributed by atoms with Crippen LogP contribution < -0.4 is 10.3 Å². The largest absolute Gasteiger partial charge is 0.494 e. The molecule has 4 rings (SSSR count). The molecule has 29 heavy (non-hydrogen) atoms. The first kappa shape index (κ1) is 19.9. The fraction of sp³-hybridized carbons (Fsp3) is 0.545. The van der Waals surface area contributed by atoms with E-state index in [2.05, 4.69) is 4.98 Å². The van der Waals surface area contributed by atoms with Crippen LogP contribution in [0.2, 0.25) is 0 Å². The molecule has 2 heterocycles. The number of carbonyl (C=O) groups excluding carboxylic acids is 1. The van der Waals surface area contributed by atoms with Crippen LogP contribution in [-0.2, 0) is 20.8 Å². The first-order chi connectivity index (χ1) is 14.1. The van der Waals surface area contributed by atoms with Crippen LogP contribution >= 0.6 is 0 Å². The van der Waals surface area contributed by atoms with Crippen molar-refractivity contribution < 1.29 is 19.0 Å². The summed E-state index contributed by atoms with van der Waals surface area (Å²) in [6.07, 6.45) is 2.77. The lowest BCUT2D eigenvalue weighted by Gasteiger charge is -2.34. The molecule has 2 aromatic rings. The highest BCUT2D eigenvalue weighted by Gasteiger charge is 2.31. The van der Waals surface area contributed by atoms with Gasteiger partial charge in [-0.3, -0.25) is 9.59 Å². The molecule has 1 amide bonds. The van der Waals surface area contributed by atoms with Gasteiger partial charge in [0.25, 0.3) is 5.56 Å². The molecule has 1 aromatic heterocycles. The summed E-state index contributed by atoms with van der Waals surface area (Å²) in [5, 5.41) is 0.888. The topological polar surface area (TPSA) is 80.9 Å². The van der Waals surface area contributed by atoms with Gasteiger partial charge in [-0.05, 0) is 44.0 Å². The maximum Gasteiger partial charge on any atom is 0.253 e. The molecule has 1 saturated carbocycles. The van der Waals surface area contributed by atoms with E-state index in [4.69, 9.17) is 14.2 Å². The Balaban J connectivity index is 1.59. The SMILES string of the molecule is CCOc1ccc2[nH]c(=O)c(CN(C[C@@H]3COCCO3)C(=O)C3CCC3)cc2c1. The molecule has 7 nitrogen and oxygen atoms in total. The van der Waals surface area contributed by atoms with Crippen LogP contribution in [0.15, 0.2) is 29.1 Å². The number of carbonyl (C=O) groups is 1. The van der Waals surface area contributed by atoms with Gasteiger partial charge in [0.05, 0.1) is 39.1 Å². The van der Waals surface area contributed by atoms with E-state index in [0.29, 0.717) is 38.5 Å². The average Bonchev–Trinajstić information content (AvgIpc) is 2.68. The maximum atomic E-state index is 13.0. The van der Waals surface area contributed by atoms with Crippen molar-refractivity contribution >= 4 is 16.8 Å². The van der Waals surface area contributed by atoms with Crippen LogP contribution in [0.25, 0.3) is 10.9 Å². The molecule has 2 aliphatic rings. The van der Waals surface area contributed by atoms with E-state index in [1.54, 1.807) is 4.90 Å². The molecule has 1 aromatic carbocycles. The molecule has 156 valence electrons. The molecule has 1 saturated heterocycles. The van der Waals surface area contributed by atoms with Gasteiger partial charge in [-0.2, -0.15) is 0 Å². The molecule has 7 heteroatoms. The summed E-state index contributed by atoms with van der Waals surface area (Å²) in [5.74, 6) is 0.921. The highest BCUT2D eigenvalue weighted by Crippen LogP contribution is 2.29. The minimum absolute atomic E-state index is 0.0589. The Morgan fingerprint density at radius 2 is 2.14 bits per heavy atom. The van der Waals surface area contributed by atoms with E-state index in [0.717, 1.165) is 35.9 Å². The molecule has 1 N–H and O–H groups in total. The molecule has 2 fully saturated rings. The van der Waals surface area contributed by atoms with Gasteiger partial charge in [0.1, 0.15) is 5.75 Å². The van der Waals surface area contributed by atoms with E-state index in [1.165, 1.54) is 0 Å². The van der Waals surface area contributed by atoms with Gasteiger partial charge < -0.3 is 24.1 Å². The van der Waals surface area contributed by atoms with E-state index in [1.807, 2.05) is 31.2 Å². The average molecular weight is 400 g/mol. The number of amides is 1. The first-order valence-corrected chi connectivity index (χ1v) is 10.4. The first-order valence-electron chi connectivity index (χ1n) is 10.4. The molecule has 0 bridgehead atoms. The molecule has 0 spiro atoms. The van der Waals surface area contributed by atoms with Crippen LogP contribution in [-0.4, -0.2) is 54.9 Å². The van der Waals surface area contributed by atoms with Crippen molar-refractivity contribution in [3.8, 4) is 5.75 Å². The van der Waals surface area contributed by atoms with Crippen LogP contribution in [0.1, 0.15) is 31.7 Å². The van der Waals surface area contributed by atoms with Gasteiger partial charge in [0.15, 0.2) is 0 Å². The second kappa shape index (κ2) is 8.97. The Bertz CT molecular complexity index is 915. The van der Waals surface area contributed by atoms with E-state index >= 15 is 0 Å². The Morgan fingerprint density at radius 3 is 2.83 bits per heavy atom. The van der Waals surface area contributed by atoms with E-state index in [9.17, 15) is 9.59 Å². The molecule has 1 aliphatic heterocycles. The van der Waals surface area contributed by atoms with E-state index < -0.39 is 0 Å². The molecule has 1 aliphatic carbocycles. The molecule has 0 unspecified atom stereocenters. The number of nitrogens with zero attached hydrogens (tertiary/aromatic N) is 1. The predicted octanol–water partition coefficient (Wildman–Crippen LogP) is 2.47. The quantitative estimate of drug-likeness (QED) is 0.772. The Labute approximate surface area is 169 Å². The van der Waals surface area contributed by atoms with Crippen molar-refractivity contribution in [2.75, 3.05) is 33.0 Å². The van der Waals surface area contributed by atoms with Crippen molar-refractivity contribution in [3.05, 3.63) is 40.2 Å². The number of hydrogen-bond acceptors (Lipinski definition) is 5. The summed E-state index contributed by atoms with van der Waals surface area (Å²) in [4.78, 5) is 30.4. The smallest absolute Gasteiger partial charge is 0.253 e. The van der Waals surface area contributed by atoms with Gasteiger partial charge >= 0.3 is 0 Å². The third-order valence-corrected chi connectivity index (χ3v) is 5.64. The van der Waals surface area contributed by atoms with Gasteiger partial charge in [0, 0.05) is 28.9 Å². The third kappa shape index (κ3) is 4.62. The van der Waals surface area contributed by atoms with Crippen LogP contribution in [0.4, 0.5) is 0 Å². The zero-order chi connectivity index (χ0) is 20.2. The summed E-state index contributed by atoms with van der Waals surface area (Å²) in [5.41, 5.74) is 1.15. The Hall–Kier alpha value is -2.38. The van der Waals surface area contributed by atoms with Gasteiger partial charge in [0.2, 0.25) is 5.91 Å². The number of hydrogen-bond donors (Lipinski definition) is 1. The number of nitrogens with one attached hydrogen (secondary N) is 1. The van der Waals surface area contributed by atoms with Crippen LogP contribution in [0, 0.1) is 5.92 Å². The predicted molar refractivity (Wildman–Crippen MR) is 109 cm³/mol.